The van der Waals surface area contributed by atoms with Crippen molar-refractivity contribution in [2.75, 3.05) is 6.61 Å². The summed E-state index contributed by atoms with van der Waals surface area (Å²) in [6.45, 7) is 3.02. The molecule has 1 saturated heterocycles. The van der Waals surface area contributed by atoms with Crippen molar-refractivity contribution in [2.45, 2.75) is 38.3 Å². The van der Waals surface area contributed by atoms with E-state index in [1.165, 1.54) is 5.56 Å². The normalized spacial score (nSPS) is 23.3. The lowest BCUT2D eigenvalue weighted by Gasteiger charge is -2.22. The zero-order valence-corrected chi connectivity index (χ0v) is 13.2. The van der Waals surface area contributed by atoms with Crippen molar-refractivity contribution in [3.05, 3.63) is 40.7 Å². The van der Waals surface area contributed by atoms with Gasteiger partial charge in [-0.1, -0.05) is 37.3 Å². The molecule has 2 N–H and O–H groups in total. The fourth-order valence-corrected chi connectivity index (χ4v) is 3.95. The summed E-state index contributed by atoms with van der Waals surface area (Å²) < 4.78 is 5.75. The molecule has 0 amide bonds. The highest BCUT2D eigenvalue weighted by atomic mass is 32.1. The van der Waals surface area contributed by atoms with Crippen molar-refractivity contribution >= 4 is 11.3 Å². The maximum Gasteiger partial charge on any atom is 0.0948 e. The van der Waals surface area contributed by atoms with E-state index in [1.807, 2.05) is 18.2 Å². The van der Waals surface area contributed by atoms with Crippen molar-refractivity contribution in [3.8, 4) is 11.3 Å². The van der Waals surface area contributed by atoms with Crippen LogP contribution in [-0.4, -0.2) is 23.7 Å². The number of aromatic nitrogens is 1. The van der Waals surface area contributed by atoms with Crippen LogP contribution in [0.5, 0.6) is 0 Å². The van der Waals surface area contributed by atoms with Crippen molar-refractivity contribution < 1.29 is 4.74 Å². The Morgan fingerprint density at radius 2 is 2.19 bits per heavy atom. The molecule has 3 nitrogen and oxygen atoms in total. The van der Waals surface area contributed by atoms with Crippen LogP contribution in [0.1, 0.15) is 24.8 Å². The molecule has 112 valence electrons. The third-order valence-corrected chi connectivity index (χ3v) is 5.12. The Morgan fingerprint density at radius 3 is 2.95 bits per heavy atom. The van der Waals surface area contributed by atoms with Crippen LogP contribution in [-0.2, 0) is 11.2 Å². The second-order valence-corrected chi connectivity index (χ2v) is 6.57. The topological polar surface area (TPSA) is 48.1 Å². The number of nitrogens with two attached hydrogens (primary N) is 1. The van der Waals surface area contributed by atoms with E-state index >= 15 is 0 Å². The van der Waals surface area contributed by atoms with Crippen LogP contribution in [0.25, 0.3) is 11.3 Å². The van der Waals surface area contributed by atoms with Gasteiger partial charge in [-0.05, 0) is 12.8 Å². The van der Waals surface area contributed by atoms with Crippen molar-refractivity contribution in [2.24, 2.45) is 11.7 Å². The van der Waals surface area contributed by atoms with E-state index in [4.69, 9.17) is 15.5 Å². The lowest BCUT2D eigenvalue weighted by Crippen LogP contribution is -2.36. The fraction of sp³-hybridized carbons (Fsp3) is 0.471. The molecule has 2 aromatic rings. The first-order chi connectivity index (χ1) is 10.3. The summed E-state index contributed by atoms with van der Waals surface area (Å²) in [6, 6.07) is 10.4. The van der Waals surface area contributed by atoms with Crippen LogP contribution in [0.2, 0.25) is 0 Å². The smallest absolute Gasteiger partial charge is 0.0948 e. The van der Waals surface area contributed by atoms with E-state index < -0.39 is 0 Å². The molecule has 0 bridgehead atoms. The molecule has 3 unspecified atom stereocenters. The van der Waals surface area contributed by atoms with Crippen molar-refractivity contribution in [3.63, 3.8) is 0 Å². The summed E-state index contributed by atoms with van der Waals surface area (Å²) in [5.74, 6) is 0.471. The second kappa shape index (κ2) is 6.69. The maximum absolute atomic E-state index is 6.41. The Labute approximate surface area is 130 Å². The first-order valence-electron chi connectivity index (χ1n) is 7.65. The van der Waals surface area contributed by atoms with Crippen molar-refractivity contribution in [1.29, 1.82) is 0 Å². The number of thiazole rings is 1. The molecule has 1 fully saturated rings. The Kier molecular flexibility index (Phi) is 4.68. The van der Waals surface area contributed by atoms with Gasteiger partial charge in [-0.15, -0.1) is 11.3 Å². The summed E-state index contributed by atoms with van der Waals surface area (Å²) in [7, 11) is 0. The standard InChI is InChI=1S/C17H22N2OS/c1-2-16-13(8-9-20-16)14(18)10-17-19-15(11-21-17)12-6-4-3-5-7-12/h3-7,11,13-14,16H,2,8-10,18H2,1H3. The lowest BCUT2D eigenvalue weighted by atomic mass is 9.90. The maximum atomic E-state index is 6.41. The summed E-state index contributed by atoms with van der Waals surface area (Å²) in [5, 5.41) is 3.25. The molecule has 0 aliphatic carbocycles. The Bertz CT molecular complexity index is 569. The first-order valence-corrected chi connectivity index (χ1v) is 8.53. The minimum atomic E-state index is 0.146. The van der Waals surface area contributed by atoms with E-state index in [9.17, 15) is 0 Å². The molecule has 21 heavy (non-hydrogen) atoms. The monoisotopic (exact) mass is 302 g/mol. The van der Waals surface area contributed by atoms with Crippen LogP contribution in [0.4, 0.5) is 0 Å². The molecule has 3 rings (SSSR count). The second-order valence-electron chi connectivity index (χ2n) is 5.63. The molecule has 3 atom stereocenters. The third-order valence-electron chi connectivity index (χ3n) is 4.24. The quantitative estimate of drug-likeness (QED) is 0.919. The molecule has 0 radical (unpaired) electrons. The SMILES string of the molecule is CCC1OCCC1C(N)Cc1nc(-c2ccccc2)cs1. The van der Waals surface area contributed by atoms with E-state index in [0.29, 0.717) is 12.0 Å². The molecule has 1 aliphatic heterocycles. The van der Waals surface area contributed by atoms with Crippen molar-refractivity contribution in [1.82, 2.24) is 4.98 Å². The van der Waals surface area contributed by atoms with E-state index in [-0.39, 0.29) is 6.04 Å². The zero-order valence-electron chi connectivity index (χ0n) is 12.4. The number of ether oxygens (including phenoxy) is 1. The van der Waals surface area contributed by atoms with E-state index in [0.717, 1.165) is 36.6 Å². The van der Waals surface area contributed by atoms with Gasteiger partial charge in [0.1, 0.15) is 0 Å². The summed E-state index contributed by atoms with van der Waals surface area (Å²) in [4.78, 5) is 4.74. The Hall–Kier alpha value is -1.23. The molecule has 2 heterocycles. The molecule has 0 spiro atoms. The van der Waals surface area contributed by atoms with Gasteiger partial charge in [-0.3, -0.25) is 0 Å². The Morgan fingerprint density at radius 1 is 1.38 bits per heavy atom. The number of nitrogens with zero attached hydrogens (tertiary/aromatic N) is 1. The van der Waals surface area contributed by atoms with Gasteiger partial charge in [0.15, 0.2) is 0 Å². The van der Waals surface area contributed by atoms with Gasteiger partial charge in [-0.2, -0.15) is 0 Å². The van der Waals surface area contributed by atoms with Crippen LogP contribution >= 0.6 is 11.3 Å². The van der Waals surface area contributed by atoms with E-state index in [1.54, 1.807) is 11.3 Å². The molecule has 1 aliphatic rings. The zero-order chi connectivity index (χ0) is 14.7. The lowest BCUT2D eigenvalue weighted by molar-refractivity contribution is 0.0814. The molecule has 0 saturated carbocycles. The van der Waals surface area contributed by atoms with Gasteiger partial charge in [0.05, 0.1) is 16.8 Å². The van der Waals surface area contributed by atoms with Gasteiger partial charge in [-0.25, -0.2) is 4.98 Å². The largest absolute Gasteiger partial charge is 0.378 e. The van der Waals surface area contributed by atoms with Crippen LogP contribution in [0.3, 0.4) is 0 Å². The minimum absolute atomic E-state index is 0.146. The molecular weight excluding hydrogens is 280 g/mol. The third kappa shape index (κ3) is 3.34. The fourth-order valence-electron chi connectivity index (χ4n) is 3.07. The van der Waals surface area contributed by atoms with Gasteiger partial charge in [0, 0.05) is 35.9 Å². The van der Waals surface area contributed by atoms with E-state index in [2.05, 4.69) is 24.4 Å². The average molecular weight is 302 g/mol. The van der Waals surface area contributed by atoms with Gasteiger partial charge >= 0.3 is 0 Å². The first kappa shape index (κ1) is 14.7. The highest BCUT2D eigenvalue weighted by Crippen LogP contribution is 2.29. The average Bonchev–Trinajstić information content (AvgIpc) is 3.16. The number of rotatable bonds is 5. The summed E-state index contributed by atoms with van der Waals surface area (Å²) >= 11 is 1.71. The number of benzene rings is 1. The molecular formula is C17H22N2OS. The molecule has 1 aromatic carbocycles. The van der Waals surface area contributed by atoms with Crippen LogP contribution in [0.15, 0.2) is 35.7 Å². The van der Waals surface area contributed by atoms with Gasteiger partial charge < -0.3 is 10.5 Å². The Balaban J connectivity index is 1.67. The molecule has 4 heteroatoms. The minimum Gasteiger partial charge on any atom is -0.378 e. The predicted molar refractivity (Wildman–Crippen MR) is 87.4 cm³/mol. The highest BCUT2D eigenvalue weighted by Gasteiger charge is 2.32. The number of hydrogen-bond acceptors (Lipinski definition) is 4. The van der Waals surface area contributed by atoms with Gasteiger partial charge in [0.25, 0.3) is 0 Å². The van der Waals surface area contributed by atoms with Gasteiger partial charge in [0.2, 0.25) is 0 Å². The number of hydrogen-bond donors (Lipinski definition) is 1. The highest BCUT2D eigenvalue weighted by molar-refractivity contribution is 7.09. The van der Waals surface area contributed by atoms with Crippen LogP contribution < -0.4 is 5.73 Å². The predicted octanol–water partition coefficient (Wildman–Crippen LogP) is 3.50. The summed E-state index contributed by atoms with van der Waals surface area (Å²) in [5.41, 5.74) is 8.64. The van der Waals surface area contributed by atoms with Crippen LogP contribution in [0, 0.1) is 5.92 Å². The summed E-state index contributed by atoms with van der Waals surface area (Å²) in [6.07, 6.45) is 3.30. The molecule has 1 aromatic heterocycles.